The van der Waals surface area contributed by atoms with Crippen molar-refractivity contribution in [1.82, 2.24) is 0 Å². The van der Waals surface area contributed by atoms with E-state index in [4.69, 9.17) is 17.0 Å². The minimum absolute atomic E-state index is 0.0513. The van der Waals surface area contributed by atoms with Crippen molar-refractivity contribution in [2.75, 3.05) is 11.5 Å². The van der Waals surface area contributed by atoms with Crippen LogP contribution < -0.4 is 11.5 Å². The summed E-state index contributed by atoms with van der Waals surface area (Å²) in [4.78, 5) is -4.50. The topological polar surface area (TPSA) is 371 Å². The molecule has 0 saturated carbocycles. The maximum absolute atomic E-state index is 12.3. The Kier molecular flexibility index (Phi) is 10.1. The second kappa shape index (κ2) is 14.1. The number of nitrogen functional groups attached to an aromatic ring is 2. The predicted molar refractivity (Wildman–Crippen MR) is 209 cm³/mol. The van der Waals surface area contributed by atoms with Gasteiger partial charge in [-0.25, -0.2) is 5.53 Å². The fraction of sp³-hybridized carbons (Fsp3) is 0.0588. The number of phenolic OH excluding ortho intramolecular Hbond substituents is 2. The Morgan fingerprint density at radius 3 is 1.57 bits per heavy atom. The lowest BCUT2D eigenvalue weighted by Crippen LogP contribution is -2.09. The van der Waals surface area contributed by atoms with Gasteiger partial charge < -0.3 is 21.7 Å². The second-order valence-electron chi connectivity index (χ2n) is 12.7. The van der Waals surface area contributed by atoms with E-state index < -0.39 is 105 Å². The van der Waals surface area contributed by atoms with Crippen LogP contribution >= 0.6 is 0 Å². The highest BCUT2D eigenvalue weighted by Gasteiger charge is 2.33. The summed E-state index contributed by atoms with van der Waals surface area (Å²) < 4.78 is 136. The Labute approximate surface area is 328 Å². The molecule has 24 heteroatoms. The van der Waals surface area contributed by atoms with Crippen molar-refractivity contribution in [1.29, 1.82) is 5.53 Å². The molecule has 20 nitrogen and oxygen atoms in total. The zero-order valence-corrected chi connectivity index (χ0v) is 32.7. The third-order valence-electron chi connectivity index (χ3n) is 9.08. The molecular weight excluding hydrogens is 845 g/mol. The number of aromatic hydroxyl groups is 2. The zero-order valence-electron chi connectivity index (χ0n) is 29.4. The Morgan fingerprint density at radius 1 is 0.534 bits per heavy atom. The van der Waals surface area contributed by atoms with E-state index in [2.05, 4.69) is 15.3 Å². The van der Waals surface area contributed by atoms with Gasteiger partial charge >= 0.3 is 0 Å². The van der Waals surface area contributed by atoms with E-state index in [9.17, 15) is 62.1 Å². The Balaban J connectivity index is 1.39. The van der Waals surface area contributed by atoms with Crippen molar-refractivity contribution in [3.05, 3.63) is 77.9 Å². The van der Waals surface area contributed by atoms with E-state index >= 15 is 0 Å². The molecule has 0 unspecified atom stereocenters. The molecule has 0 aliphatic heterocycles. The summed E-state index contributed by atoms with van der Waals surface area (Å²) in [5.74, 6) is -1.51. The van der Waals surface area contributed by atoms with E-state index in [1.807, 2.05) is 0 Å². The monoisotopic (exact) mass is 872 g/mol. The molecule has 0 atom stereocenters. The summed E-state index contributed by atoms with van der Waals surface area (Å²) >= 11 is 0. The number of anilines is 2. The van der Waals surface area contributed by atoms with E-state index in [0.717, 1.165) is 18.2 Å². The highest BCUT2D eigenvalue weighted by atomic mass is 32.2. The molecule has 0 radical (unpaired) electrons. The van der Waals surface area contributed by atoms with Gasteiger partial charge in [-0.1, -0.05) is 36.4 Å². The minimum Gasteiger partial charge on any atom is -0.507 e. The fourth-order valence-electron chi connectivity index (χ4n) is 6.53. The molecule has 0 amide bonds. The number of nitrogens with two attached hydrogens (primary N) is 2. The van der Waals surface area contributed by atoms with Crippen LogP contribution in [0, 0.1) is 19.4 Å². The molecule has 0 aromatic heterocycles. The minimum atomic E-state index is -5.34. The van der Waals surface area contributed by atoms with E-state index in [0.29, 0.717) is 39.6 Å². The molecule has 0 bridgehead atoms. The fourth-order valence-corrected chi connectivity index (χ4v) is 9.64. The van der Waals surface area contributed by atoms with Gasteiger partial charge in [-0.15, -0.1) is 5.11 Å². The molecule has 6 aromatic carbocycles. The maximum Gasteiger partial charge on any atom is 0.298 e. The standard InChI is InChI=1S/C34H28N6O14S4/c1-14-11-16(3-5-18(14)19-6-7-21-27(31(19)41)29(36)34(58(52,53)54)30(38-37)33(21)57(49,50)51)17-4-9-22(15(2)12-17)39-40-23-10-8-20-24(55(43,44)45)13-25(56(46,47)48)28(35)26(20)32(23)42/h3-13,37,41-42H,35-36H2,1-2H3,(H,43,44,45)(H,46,47,48)(H,49,50,51)(H,52,53,54). The van der Waals surface area contributed by atoms with Crippen LogP contribution in [0.3, 0.4) is 0 Å². The Hall–Kier alpha value is -6.12. The van der Waals surface area contributed by atoms with Crippen LogP contribution in [0.5, 0.6) is 11.5 Å². The van der Waals surface area contributed by atoms with Crippen molar-refractivity contribution in [3.63, 3.8) is 0 Å². The summed E-state index contributed by atoms with van der Waals surface area (Å²) in [7, 11) is -20.8. The number of hydrogen-bond donors (Lipinski definition) is 9. The van der Waals surface area contributed by atoms with Gasteiger partial charge in [-0.05, 0) is 72.0 Å². The van der Waals surface area contributed by atoms with Crippen molar-refractivity contribution in [3.8, 4) is 33.8 Å². The van der Waals surface area contributed by atoms with Gasteiger partial charge in [-0.2, -0.15) is 43.9 Å². The average Bonchev–Trinajstić information content (AvgIpc) is 3.09. The molecule has 0 saturated heterocycles. The first-order valence-corrected chi connectivity index (χ1v) is 21.6. The highest BCUT2D eigenvalue weighted by molar-refractivity contribution is 7.87. The van der Waals surface area contributed by atoms with Gasteiger partial charge in [0, 0.05) is 16.3 Å². The molecule has 0 aliphatic rings. The van der Waals surface area contributed by atoms with Crippen LogP contribution in [0.15, 0.2) is 102 Å². The number of fused-ring (bicyclic) bond motifs is 2. The van der Waals surface area contributed by atoms with E-state index in [1.54, 1.807) is 50.2 Å². The highest BCUT2D eigenvalue weighted by Crippen LogP contribution is 2.49. The number of benzene rings is 6. The summed E-state index contributed by atoms with van der Waals surface area (Å²) in [5, 5.41) is 31.5. The molecule has 0 fully saturated rings. The van der Waals surface area contributed by atoms with Gasteiger partial charge in [0.2, 0.25) is 0 Å². The first-order chi connectivity index (χ1) is 26.8. The third-order valence-corrected chi connectivity index (χ3v) is 12.7. The lowest BCUT2D eigenvalue weighted by atomic mass is 9.92. The maximum atomic E-state index is 12.3. The average molecular weight is 873 g/mol. The van der Waals surface area contributed by atoms with Gasteiger partial charge in [0.1, 0.15) is 36.7 Å². The van der Waals surface area contributed by atoms with Crippen LogP contribution in [0.1, 0.15) is 11.1 Å². The molecule has 0 spiro atoms. The van der Waals surface area contributed by atoms with Gasteiger partial charge in [0.15, 0.2) is 5.75 Å². The lowest BCUT2D eigenvalue weighted by Gasteiger charge is -2.18. The number of hydrogen-bond acceptors (Lipinski definition) is 16. The summed E-state index contributed by atoms with van der Waals surface area (Å²) in [6.45, 7) is 3.36. The number of phenols is 2. The first-order valence-electron chi connectivity index (χ1n) is 15.9. The Morgan fingerprint density at radius 2 is 1.03 bits per heavy atom. The summed E-state index contributed by atoms with van der Waals surface area (Å²) in [6.07, 6.45) is 0. The van der Waals surface area contributed by atoms with Crippen LogP contribution in [-0.2, 0) is 40.5 Å². The Bertz CT molecular complexity index is 3320. The molecule has 6 aromatic rings. The van der Waals surface area contributed by atoms with Crippen LogP contribution in [0.4, 0.5) is 28.4 Å². The zero-order chi connectivity index (χ0) is 43.0. The van der Waals surface area contributed by atoms with Crippen LogP contribution in [-0.4, -0.2) is 62.1 Å². The largest absolute Gasteiger partial charge is 0.507 e. The molecule has 302 valence electrons. The second-order valence-corrected chi connectivity index (χ2v) is 18.2. The molecule has 6 rings (SSSR count). The van der Waals surface area contributed by atoms with E-state index in [-0.39, 0.29) is 16.6 Å². The summed E-state index contributed by atoms with van der Waals surface area (Å²) in [6, 6.07) is 15.1. The smallest absolute Gasteiger partial charge is 0.298 e. The summed E-state index contributed by atoms with van der Waals surface area (Å²) in [5.41, 5.74) is 19.5. The number of rotatable bonds is 9. The van der Waals surface area contributed by atoms with Crippen LogP contribution in [0.2, 0.25) is 0 Å². The lowest BCUT2D eigenvalue weighted by molar-refractivity contribution is 0.476. The molecular formula is C34H28N6O14S4. The molecule has 0 aliphatic carbocycles. The van der Waals surface area contributed by atoms with Crippen molar-refractivity contribution in [2.45, 2.75) is 33.4 Å². The normalized spacial score (nSPS) is 12.8. The number of nitrogens with zero attached hydrogens (tertiary/aromatic N) is 3. The molecule has 0 heterocycles. The molecule has 11 N–H and O–H groups in total. The predicted octanol–water partition coefficient (Wildman–Crippen LogP) is 6.58. The van der Waals surface area contributed by atoms with Crippen LogP contribution in [0.25, 0.3) is 43.8 Å². The molecule has 58 heavy (non-hydrogen) atoms. The van der Waals surface area contributed by atoms with Gasteiger partial charge in [-0.3, -0.25) is 18.2 Å². The number of azo groups is 1. The van der Waals surface area contributed by atoms with E-state index in [1.165, 1.54) is 6.07 Å². The van der Waals surface area contributed by atoms with Crippen molar-refractivity contribution >= 4 is 90.5 Å². The van der Waals surface area contributed by atoms with Gasteiger partial charge in [0.25, 0.3) is 40.5 Å². The quantitative estimate of drug-likeness (QED) is 0.0420. The third kappa shape index (κ3) is 7.17. The van der Waals surface area contributed by atoms with Crippen molar-refractivity contribution < 1.29 is 62.1 Å². The van der Waals surface area contributed by atoms with Crippen molar-refractivity contribution in [2.24, 2.45) is 15.3 Å². The SMILES string of the molecule is Cc1cc(-c2ccc(-c3ccc4c(S(=O)(=O)O)c(N=N)c(S(=O)(=O)O)c(N)c4c3O)c(C)c2)ccc1N=Nc1ccc2c(S(=O)(=O)O)cc(S(=O)(=O)O)c(N)c2c1O. The van der Waals surface area contributed by atoms with Gasteiger partial charge in [0.05, 0.1) is 27.8 Å². The number of aryl methyl sites for hydroxylation is 2. The first kappa shape index (κ1) is 41.5. The number of nitrogens with one attached hydrogen (secondary N) is 1.